The van der Waals surface area contributed by atoms with Crippen LogP contribution in [0.1, 0.15) is 0 Å². The van der Waals surface area contributed by atoms with Gasteiger partial charge in [0.1, 0.15) is 6.61 Å². The highest BCUT2D eigenvalue weighted by Gasteiger charge is 2.23. The summed E-state index contributed by atoms with van der Waals surface area (Å²) in [6.07, 6.45) is -3.69. The summed E-state index contributed by atoms with van der Waals surface area (Å²) in [5.74, 6) is 0. The maximum absolute atomic E-state index is 11.5. The predicted octanol–water partition coefficient (Wildman–Crippen LogP) is 0.983. The Hall–Kier alpha value is 0.260. The highest BCUT2D eigenvalue weighted by molar-refractivity contribution is 9.09. The fourth-order valence-electron chi connectivity index (χ4n) is 0.250. The first kappa shape index (κ1) is 9.26. The molecule has 0 unspecified atom stereocenters. The van der Waals surface area contributed by atoms with Crippen LogP contribution in [0, 0.1) is 0 Å². The number of halogens is 3. The molecule has 0 aromatic carbocycles. The van der Waals surface area contributed by atoms with Crippen LogP contribution in [0.15, 0.2) is 0 Å². The Morgan fingerprint density at radius 1 is 1.56 bits per heavy atom. The first-order valence-electron chi connectivity index (χ1n) is 2.30. The first-order valence-corrected chi connectivity index (χ1v) is 3.42. The SMILES string of the molecule is OC(F)(F)COCCBr. The van der Waals surface area contributed by atoms with E-state index < -0.39 is 12.7 Å². The molecule has 0 aliphatic heterocycles. The van der Waals surface area contributed by atoms with Gasteiger partial charge in [-0.25, -0.2) is 0 Å². The lowest BCUT2D eigenvalue weighted by atomic mass is 10.7. The van der Waals surface area contributed by atoms with Crippen LogP contribution in [-0.4, -0.2) is 29.8 Å². The second kappa shape index (κ2) is 4.14. The molecule has 1 N–H and O–H groups in total. The predicted molar refractivity (Wildman–Crippen MR) is 31.8 cm³/mol. The van der Waals surface area contributed by atoms with Gasteiger partial charge in [-0.1, -0.05) is 15.9 Å². The minimum absolute atomic E-state index is 0.177. The molecule has 0 saturated carbocycles. The summed E-state index contributed by atoms with van der Waals surface area (Å²) in [4.78, 5) is 0. The summed E-state index contributed by atoms with van der Waals surface area (Å²) in [6, 6.07) is 0. The first-order chi connectivity index (χ1) is 4.06. The van der Waals surface area contributed by atoms with Gasteiger partial charge in [-0.2, -0.15) is 8.78 Å². The molecule has 0 spiro atoms. The number of ether oxygens (including phenoxy) is 1. The summed E-state index contributed by atoms with van der Waals surface area (Å²) >= 11 is 2.97. The topological polar surface area (TPSA) is 29.5 Å². The van der Waals surface area contributed by atoms with Crippen LogP contribution in [0.5, 0.6) is 0 Å². The molecule has 9 heavy (non-hydrogen) atoms. The van der Waals surface area contributed by atoms with Crippen LogP contribution in [-0.2, 0) is 4.74 Å². The number of rotatable bonds is 4. The lowest BCUT2D eigenvalue weighted by Gasteiger charge is -2.07. The van der Waals surface area contributed by atoms with Crippen molar-refractivity contribution in [1.82, 2.24) is 0 Å². The van der Waals surface area contributed by atoms with Gasteiger partial charge >= 0.3 is 6.11 Å². The van der Waals surface area contributed by atoms with Crippen LogP contribution in [0.4, 0.5) is 8.78 Å². The van der Waals surface area contributed by atoms with Gasteiger partial charge in [0.25, 0.3) is 0 Å². The number of hydrogen-bond acceptors (Lipinski definition) is 2. The van der Waals surface area contributed by atoms with Crippen molar-refractivity contribution < 1.29 is 18.6 Å². The molecule has 0 aromatic heterocycles. The summed E-state index contributed by atoms with van der Waals surface area (Å²) in [5, 5.41) is 8.26. The van der Waals surface area contributed by atoms with E-state index >= 15 is 0 Å². The molecular formula is C4H7BrF2O2. The maximum Gasteiger partial charge on any atom is 0.376 e. The maximum atomic E-state index is 11.5. The molecule has 0 amide bonds. The molecule has 2 nitrogen and oxygen atoms in total. The van der Waals surface area contributed by atoms with E-state index in [9.17, 15) is 8.78 Å². The van der Waals surface area contributed by atoms with Crippen LogP contribution in [0.2, 0.25) is 0 Å². The van der Waals surface area contributed by atoms with Gasteiger partial charge in [0.05, 0.1) is 6.61 Å². The molecule has 0 bridgehead atoms. The quantitative estimate of drug-likeness (QED) is 0.547. The van der Waals surface area contributed by atoms with Crippen molar-refractivity contribution in [2.45, 2.75) is 6.11 Å². The lowest BCUT2D eigenvalue weighted by Crippen LogP contribution is -2.22. The van der Waals surface area contributed by atoms with Gasteiger partial charge in [0.2, 0.25) is 0 Å². The lowest BCUT2D eigenvalue weighted by molar-refractivity contribution is -0.230. The van der Waals surface area contributed by atoms with Gasteiger partial charge in [0, 0.05) is 5.33 Å². The van der Waals surface area contributed by atoms with Crippen molar-refractivity contribution in [2.75, 3.05) is 18.5 Å². The van der Waals surface area contributed by atoms with Crippen molar-refractivity contribution in [1.29, 1.82) is 0 Å². The molecule has 56 valence electrons. The monoisotopic (exact) mass is 204 g/mol. The Morgan fingerprint density at radius 3 is 2.44 bits per heavy atom. The molecule has 5 heteroatoms. The Balaban J connectivity index is 3.07. The fourth-order valence-corrected chi connectivity index (χ4v) is 0.478. The second-order valence-corrected chi connectivity index (χ2v) is 2.20. The molecule has 0 saturated heterocycles. The Bertz CT molecular complexity index is 73.5. The Morgan fingerprint density at radius 2 is 2.11 bits per heavy atom. The summed E-state index contributed by atoms with van der Waals surface area (Å²) in [7, 11) is 0. The van der Waals surface area contributed by atoms with E-state index in [1.165, 1.54) is 0 Å². The average Bonchev–Trinajstić information content (AvgIpc) is 1.63. The normalized spacial score (nSPS) is 12.0. The highest BCUT2D eigenvalue weighted by Crippen LogP contribution is 2.07. The number of alkyl halides is 3. The minimum atomic E-state index is -3.69. The van der Waals surface area contributed by atoms with Crippen molar-refractivity contribution >= 4 is 15.9 Å². The smallest absolute Gasteiger partial charge is 0.372 e. The van der Waals surface area contributed by atoms with Crippen molar-refractivity contribution in [3.63, 3.8) is 0 Å². The van der Waals surface area contributed by atoms with Gasteiger partial charge in [-0.3, -0.25) is 0 Å². The van der Waals surface area contributed by atoms with E-state index in [4.69, 9.17) is 5.11 Å². The zero-order chi connectivity index (χ0) is 7.33. The molecule has 0 aliphatic carbocycles. The standard InChI is InChI=1S/C4H7BrF2O2/c5-1-2-9-3-4(6,7)8/h8H,1-3H2. The molecular weight excluding hydrogens is 198 g/mol. The molecule has 0 rings (SSSR count). The zero-order valence-corrected chi connectivity index (χ0v) is 6.20. The fraction of sp³-hybridized carbons (Fsp3) is 1.00. The van der Waals surface area contributed by atoms with Crippen LogP contribution in [0.3, 0.4) is 0 Å². The van der Waals surface area contributed by atoms with Gasteiger partial charge in [-0.05, 0) is 0 Å². The molecule has 0 aliphatic rings. The van der Waals surface area contributed by atoms with Crippen LogP contribution < -0.4 is 0 Å². The van der Waals surface area contributed by atoms with E-state index in [2.05, 4.69) is 20.7 Å². The van der Waals surface area contributed by atoms with Crippen molar-refractivity contribution in [3.8, 4) is 0 Å². The van der Waals surface area contributed by atoms with Crippen LogP contribution in [0.25, 0.3) is 0 Å². The summed E-state index contributed by atoms with van der Waals surface area (Å²) in [6.45, 7) is -0.755. The Kier molecular flexibility index (Phi) is 4.26. The third-order valence-corrected chi connectivity index (χ3v) is 0.821. The molecule has 0 radical (unpaired) electrons. The number of aliphatic hydroxyl groups is 1. The second-order valence-electron chi connectivity index (χ2n) is 1.41. The highest BCUT2D eigenvalue weighted by atomic mass is 79.9. The largest absolute Gasteiger partial charge is 0.376 e. The summed E-state index contributed by atoms with van der Waals surface area (Å²) in [5.41, 5.74) is 0. The molecule has 0 aromatic rings. The van der Waals surface area contributed by atoms with Gasteiger partial charge < -0.3 is 9.84 Å². The number of hydrogen-bond donors (Lipinski definition) is 1. The van der Waals surface area contributed by atoms with E-state index in [1.54, 1.807) is 0 Å². The Labute approximate surface area is 59.9 Å². The van der Waals surface area contributed by atoms with Gasteiger partial charge in [-0.15, -0.1) is 0 Å². The minimum Gasteiger partial charge on any atom is -0.372 e. The van der Waals surface area contributed by atoms with Gasteiger partial charge in [0.15, 0.2) is 0 Å². The summed E-state index contributed by atoms with van der Waals surface area (Å²) < 4.78 is 27.2. The molecule has 0 heterocycles. The zero-order valence-electron chi connectivity index (χ0n) is 4.61. The van der Waals surface area contributed by atoms with E-state index in [0.717, 1.165) is 0 Å². The van der Waals surface area contributed by atoms with E-state index in [-0.39, 0.29) is 6.61 Å². The van der Waals surface area contributed by atoms with E-state index in [0.29, 0.717) is 5.33 Å². The van der Waals surface area contributed by atoms with Crippen molar-refractivity contribution in [2.24, 2.45) is 0 Å². The molecule has 0 fully saturated rings. The van der Waals surface area contributed by atoms with Crippen LogP contribution >= 0.6 is 15.9 Å². The third kappa shape index (κ3) is 8.26. The molecule has 0 atom stereocenters. The van der Waals surface area contributed by atoms with Crippen molar-refractivity contribution in [3.05, 3.63) is 0 Å². The average molecular weight is 205 g/mol. The van der Waals surface area contributed by atoms with E-state index in [1.807, 2.05) is 0 Å². The third-order valence-electron chi connectivity index (χ3n) is 0.497.